The summed E-state index contributed by atoms with van der Waals surface area (Å²) in [5, 5.41) is 20.8. The first-order chi connectivity index (χ1) is 14.2. The van der Waals surface area contributed by atoms with Crippen LogP contribution in [0.4, 0.5) is 27.5 Å². The monoisotopic (exact) mass is 386 g/mol. The van der Waals surface area contributed by atoms with Crippen LogP contribution in [0.5, 0.6) is 0 Å². The fraction of sp³-hybridized carbons (Fsp3) is 0. The van der Waals surface area contributed by atoms with Crippen molar-refractivity contribution in [3.63, 3.8) is 0 Å². The molecule has 0 fully saturated rings. The molecule has 0 saturated carbocycles. The quantitative estimate of drug-likeness (QED) is 0.357. The van der Waals surface area contributed by atoms with Crippen LogP contribution in [0.3, 0.4) is 0 Å². The normalized spacial score (nSPS) is 10.9. The molecule has 8 nitrogen and oxygen atoms in total. The van der Waals surface area contributed by atoms with E-state index in [4.69, 9.17) is 0 Å². The molecule has 0 atom stereocenters. The van der Waals surface area contributed by atoms with E-state index in [-0.39, 0.29) is 11.8 Å². The summed E-state index contributed by atoms with van der Waals surface area (Å²) < 4.78 is 14.3. The van der Waals surface area contributed by atoms with Crippen molar-refractivity contribution in [2.45, 2.75) is 0 Å². The highest BCUT2D eigenvalue weighted by Gasteiger charge is 2.09. The first-order valence-electron chi connectivity index (χ1n) is 8.84. The van der Waals surface area contributed by atoms with E-state index in [1.54, 1.807) is 12.4 Å². The van der Waals surface area contributed by atoms with E-state index in [1.807, 2.05) is 48.5 Å². The number of nitrogens with one attached hydrogen (secondary N) is 4. The van der Waals surface area contributed by atoms with E-state index in [2.05, 4.69) is 41.0 Å². The van der Waals surface area contributed by atoms with Gasteiger partial charge in [-0.2, -0.15) is 15.2 Å². The Morgan fingerprint density at radius 1 is 0.862 bits per heavy atom. The average molecular weight is 386 g/mol. The number of rotatable bonds is 5. The predicted molar refractivity (Wildman–Crippen MR) is 109 cm³/mol. The van der Waals surface area contributed by atoms with Crippen molar-refractivity contribution in [2.24, 2.45) is 0 Å². The third-order valence-corrected chi connectivity index (χ3v) is 4.38. The molecular weight excluding hydrogens is 371 g/mol. The molecule has 3 aromatic heterocycles. The lowest BCUT2D eigenvalue weighted by molar-refractivity contribution is 0.619. The Hall–Kier alpha value is -4.27. The van der Waals surface area contributed by atoms with E-state index in [0.717, 1.165) is 34.0 Å². The molecule has 0 bridgehead atoms. The van der Waals surface area contributed by atoms with Gasteiger partial charge >= 0.3 is 0 Å². The average Bonchev–Trinajstić information content (AvgIpc) is 3.42. The summed E-state index contributed by atoms with van der Waals surface area (Å²) in [4.78, 5) is 8.30. The number of halogens is 1. The van der Waals surface area contributed by atoms with Crippen LogP contribution in [-0.2, 0) is 0 Å². The molecule has 0 amide bonds. The van der Waals surface area contributed by atoms with Crippen molar-refractivity contribution < 1.29 is 4.39 Å². The summed E-state index contributed by atoms with van der Waals surface area (Å²) in [6.45, 7) is 0. The number of hydrogen-bond acceptors (Lipinski definition) is 6. The van der Waals surface area contributed by atoms with Crippen LogP contribution in [0, 0.1) is 5.82 Å². The minimum absolute atomic E-state index is 0.0775. The second-order valence-electron chi connectivity index (χ2n) is 6.36. The Bertz CT molecular complexity index is 1280. The number of aromatic amines is 2. The summed E-state index contributed by atoms with van der Waals surface area (Å²) in [6.07, 6.45) is 4.54. The molecule has 142 valence electrons. The van der Waals surface area contributed by atoms with Gasteiger partial charge in [0.05, 0.1) is 23.6 Å². The lowest BCUT2D eigenvalue weighted by Crippen LogP contribution is -2.03. The van der Waals surface area contributed by atoms with Crippen LogP contribution >= 0.6 is 0 Å². The zero-order valence-corrected chi connectivity index (χ0v) is 15.0. The van der Waals surface area contributed by atoms with Gasteiger partial charge in [0.2, 0.25) is 5.95 Å². The lowest BCUT2D eigenvalue weighted by Gasteiger charge is -2.10. The molecule has 0 aliphatic carbocycles. The minimum Gasteiger partial charge on any atom is -0.338 e. The third kappa shape index (κ3) is 3.48. The molecule has 0 unspecified atom stereocenters. The van der Waals surface area contributed by atoms with Gasteiger partial charge in [-0.3, -0.25) is 10.2 Å². The number of aromatic nitrogens is 6. The van der Waals surface area contributed by atoms with E-state index < -0.39 is 5.82 Å². The minimum atomic E-state index is -0.548. The zero-order chi connectivity index (χ0) is 19.6. The Morgan fingerprint density at radius 3 is 2.69 bits per heavy atom. The maximum Gasteiger partial charge on any atom is 0.229 e. The standard InChI is InChI=1S/C20H15FN8/c21-16-11-22-20(26-15-4-5-17-13(9-15)10-24-29-17)27-19(16)25-14-3-1-2-12(8-14)18-6-7-23-28-18/h1-11H,(H,23,28)(H,24,29)(H2,22,25,26,27). The van der Waals surface area contributed by atoms with Crippen molar-refractivity contribution >= 4 is 34.0 Å². The Kier molecular flexibility index (Phi) is 4.10. The molecule has 0 radical (unpaired) electrons. The third-order valence-electron chi connectivity index (χ3n) is 4.38. The molecule has 9 heteroatoms. The van der Waals surface area contributed by atoms with Gasteiger partial charge in [-0.05, 0) is 36.4 Å². The van der Waals surface area contributed by atoms with Crippen LogP contribution in [-0.4, -0.2) is 30.4 Å². The second-order valence-corrected chi connectivity index (χ2v) is 6.36. The van der Waals surface area contributed by atoms with Crippen molar-refractivity contribution in [3.05, 3.63) is 72.9 Å². The summed E-state index contributed by atoms with van der Waals surface area (Å²) in [5.74, 6) is -0.192. The molecule has 4 N–H and O–H groups in total. The number of nitrogens with zero attached hydrogens (tertiary/aromatic N) is 4. The van der Waals surface area contributed by atoms with E-state index in [9.17, 15) is 4.39 Å². The first-order valence-corrected chi connectivity index (χ1v) is 8.84. The Labute approximate surface area is 164 Å². The highest BCUT2D eigenvalue weighted by molar-refractivity contribution is 5.82. The summed E-state index contributed by atoms with van der Waals surface area (Å²) >= 11 is 0. The molecule has 3 heterocycles. The van der Waals surface area contributed by atoms with E-state index >= 15 is 0 Å². The number of H-pyrrole nitrogens is 2. The summed E-state index contributed by atoms with van der Waals surface area (Å²) in [5.41, 5.74) is 4.19. The summed E-state index contributed by atoms with van der Waals surface area (Å²) in [6, 6.07) is 15.1. The zero-order valence-electron chi connectivity index (χ0n) is 15.0. The van der Waals surface area contributed by atoms with Gasteiger partial charge in [0.1, 0.15) is 0 Å². The van der Waals surface area contributed by atoms with Crippen molar-refractivity contribution in [2.75, 3.05) is 10.6 Å². The van der Waals surface area contributed by atoms with E-state index in [1.165, 1.54) is 0 Å². The second kappa shape index (κ2) is 7.04. The van der Waals surface area contributed by atoms with Crippen LogP contribution in [0.25, 0.3) is 22.2 Å². The maximum absolute atomic E-state index is 14.3. The van der Waals surface area contributed by atoms with Gasteiger partial charge in [-0.1, -0.05) is 12.1 Å². The number of benzene rings is 2. The van der Waals surface area contributed by atoms with Crippen LogP contribution in [0.1, 0.15) is 0 Å². The number of fused-ring (bicyclic) bond motifs is 1. The first kappa shape index (κ1) is 16.9. The van der Waals surface area contributed by atoms with Gasteiger partial charge in [0.25, 0.3) is 0 Å². The molecule has 0 aliphatic rings. The predicted octanol–water partition coefficient (Wildman–Crippen LogP) is 4.37. The molecular formula is C20H15FN8. The SMILES string of the molecule is Fc1cnc(Nc2ccc3[nH]ncc3c2)nc1Nc1cccc(-c2ccn[nH]2)c1. The largest absolute Gasteiger partial charge is 0.338 e. The van der Waals surface area contributed by atoms with Crippen molar-refractivity contribution in [1.82, 2.24) is 30.4 Å². The molecule has 0 aliphatic heterocycles. The lowest BCUT2D eigenvalue weighted by atomic mass is 10.1. The maximum atomic E-state index is 14.3. The van der Waals surface area contributed by atoms with Crippen molar-refractivity contribution in [1.29, 1.82) is 0 Å². The van der Waals surface area contributed by atoms with E-state index in [0.29, 0.717) is 5.69 Å². The highest BCUT2D eigenvalue weighted by Crippen LogP contribution is 2.25. The molecule has 29 heavy (non-hydrogen) atoms. The smallest absolute Gasteiger partial charge is 0.229 e. The van der Waals surface area contributed by atoms with Gasteiger partial charge in [0, 0.05) is 28.5 Å². The van der Waals surface area contributed by atoms with Crippen molar-refractivity contribution in [3.8, 4) is 11.3 Å². The fourth-order valence-corrected chi connectivity index (χ4v) is 2.98. The number of anilines is 4. The van der Waals surface area contributed by atoms with Gasteiger partial charge in [-0.25, -0.2) is 9.37 Å². The highest BCUT2D eigenvalue weighted by atomic mass is 19.1. The molecule has 0 spiro atoms. The Morgan fingerprint density at radius 2 is 1.79 bits per heavy atom. The van der Waals surface area contributed by atoms with Crippen LogP contribution in [0.2, 0.25) is 0 Å². The topological polar surface area (TPSA) is 107 Å². The Balaban J connectivity index is 1.40. The number of hydrogen-bond donors (Lipinski definition) is 4. The summed E-state index contributed by atoms with van der Waals surface area (Å²) in [7, 11) is 0. The van der Waals surface area contributed by atoms with Gasteiger partial charge < -0.3 is 10.6 Å². The van der Waals surface area contributed by atoms with Crippen LogP contribution < -0.4 is 10.6 Å². The van der Waals surface area contributed by atoms with Gasteiger partial charge in [-0.15, -0.1) is 0 Å². The molecule has 0 saturated heterocycles. The molecule has 2 aromatic carbocycles. The van der Waals surface area contributed by atoms with Gasteiger partial charge in [0.15, 0.2) is 11.6 Å². The molecule has 5 aromatic rings. The molecule has 5 rings (SSSR count). The van der Waals surface area contributed by atoms with Crippen LogP contribution in [0.15, 0.2) is 67.1 Å². The fourth-order valence-electron chi connectivity index (χ4n) is 2.98.